The van der Waals surface area contributed by atoms with E-state index in [1.54, 1.807) is 12.1 Å². The molecule has 1 N–H and O–H groups in total. The van der Waals surface area contributed by atoms with E-state index in [0.717, 1.165) is 0 Å². The van der Waals surface area contributed by atoms with Gasteiger partial charge in [-0.3, -0.25) is 0 Å². The quantitative estimate of drug-likeness (QED) is 0.679. The normalized spacial score (nSPS) is 11.1. The van der Waals surface area contributed by atoms with Gasteiger partial charge in [0, 0.05) is 12.1 Å². The first-order chi connectivity index (χ1) is 7.75. The van der Waals surface area contributed by atoms with Crippen LogP contribution in [0, 0.1) is 5.82 Å². The third-order valence-corrected chi connectivity index (χ3v) is 2.37. The number of aromatic amines is 1. The van der Waals surface area contributed by atoms with Crippen LogP contribution in [0.25, 0.3) is 16.9 Å². The maximum Gasteiger partial charge on any atom is 0.333 e. The molecule has 0 bridgehead atoms. The Morgan fingerprint density at radius 1 is 1.31 bits per heavy atom. The molecule has 3 aromatic rings. The van der Waals surface area contributed by atoms with Crippen molar-refractivity contribution in [2.75, 3.05) is 0 Å². The van der Waals surface area contributed by atoms with Gasteiger partial charge in [-0.15, -0.1) is 0 Å². The van der Waals surface area contributed by atoms with Gasteiger partial charge >= 0.3 is 5.69 Å². The Kier molecular flexibility index (Phi) is 1.73. The molecule has 5 heteroatoms. The Hall–Kier alpha value is -2.30. The smallest absolute Gasteiger partial charge is 0.333 e. The van der Waals surface area contributed by atoms with Gasteiger partial charge in [-0.05, 0) is 18.2 Å². The van der Waals surface area contributed by atoms with Gasteiger partial charge in [0.1, 0.15) is 5.82 Å². The van der Waals surface area contributed by atoms with Gasteiger partial charge in [-0.1, -0.05) is 0 Å². The van der Waals surface area contributed by atoms with Gasteiger partial charge in [-0.25, -0.2) is 13.8 Å². The number of aromatic nitrogens is 2. The summed E-state index contributed by atoms with van der Waals surface area (Å²) in [6.07, 6.45) is 1.46. The van der Waals surface area contributed by atoms with Gasteiger partial charge in [-0.2, -0.15) is 0 Å². The Bertz CT molecular complexity index is 694. The van der Waals surface area contributed by atoms with Crippen molar-refractivity contribution in [1.29, 1.82) is 0 Å². The molecular formula is C11H7FN2O2. The van der Waals surface area contributed by atoms with Crippen molar-refractivity contribution < 1.29 is 8.81 Å². The first-order valence-corrected chi connectivity index (χ1v) is 4.70. The standard InChI is InChI=1S/C11H7FN2O2/c12-7-3-4-8-9(6-7)14(11(15)13-8)10-2-1-5-16-10/h1-6H,(H,13,15). The zero-order valence-corrected chi connectivity index (χ0v) is 8.11. The summed E-state index contributed by atoms with van der Waals surface area (Å²) in [5.74, 6) is -0.0337. The van der Waals surface area contributed by atoms with Crippen LogP contribution in [-0.4, -0.2) is 9.55 Å². The SMILES string of the molecule is O=c1[nH]c2ccc(F)cc2n1-c1ccco1. The number of furan rings is 1. The highest BCUT2D eigenvalue weighted by Crippen LogP contribution is 2.16. The molecule has 0 saturated carbocycles. The van der Waals surface area contributed by atoms with Crippen LogP contribution < -0.4 is 5.69 Å². The zero-order chi connectivity index (χ0) is 11.1. The maximum absolute atomic E-state index is 13.1. The van der Waals surface area contributed by atoms with Crippen LogP contribution in [0.15, 0.2) is 45.8 Å². The molecule has 3 rings (SSSR count). The van der Waals surface area contributed by atoms with Crippen molar-refractivity contribution >= 4 is 11.0 Å². The van der Waals surface area contributed by atoms with Gasteiger partial charge in [0.2, 0.25) is 5.88 Å². The van der Waals surface area contributed by atoms with E-state index in [0.29, 0.717) is 16.9 Å². The van der Waals surface area contributed by atoms with E-state index in [1.807, 2.05) is 0 Å². The molecule has 0 saturated heterocycles. The van der Waals surface area contributed by atoms with Crippen LogP contribution in [0.4, 0.5) is 4.39 Å². The second-order valence-corrected chi connectivity index (χ2v) is 3.38. The summed E-state index contributed by atoms with van der Waals surface area (Å²) in [6, 6.07) is 7.41. The number of nitrogens with one attached hydrogen (secondary N) is 1. The summed E-state index contributed by atoms with van der Waals surface area (Å²) in [4.78, 5) is 14.3. The molecule has 0 aliphatic carbocycles. The lowest BCUT2D eigenvalue weighted by atomic mass is 10.3. The van der Waals surface area contributed by atoms with Gasteiger partial charge < -0.3 is 9.40 Å². The topological polar surface area (TPSA) is 50.9 Å². The molecule has 0 aliphatic rings. The molecule has 0 unspecified atom stereocenters. The van der Waals surface area contributed by atoms with E-state index in [2.05, 4.69) is 4.98 Å². The molecule has 0 fully saturated rings. The predicted octanol–water partition coefficient (Wildman–Crippen LogP) is 2.05. The predicted molar refractivity (Wildman–Crippen MR) is 56.1 cm³/mol. The number of hydrogen-bond donors (Lipinski definition) is 1. The molecule has 0 spiro atoms. The molecule has 0 atom stereocenters. The van der Waals surface area contributed by atoms with E-state index < -0.39 is 5.82 Å². The van der Waals surface area contributed by atoms with Crippen molar-refractivity contribution in [2.45, 2.75) is 0 Å². The summed E-state index contributed by atoms with van der Waals surface area (Å²) in [5, 5.41) is 0. The summed E-state index contributed by atoms with van der Waals surface area (Å²) in [6.45, 7) is 0. The number of hydrogen-bond acceptors (Lipinski definition) is 2. The van der Waals surface area contributed by atoms with Crippen molar-refractivity contribution in [3.8, 4) is 5.88 Å². The van der Waals surface area contributed by atoms with Crippen molar-refractivity contribution in [2.24, 2.45) is 0 Å². The van der Waals surface area contributed by atoms with Crippen molar-refractivity contribution in [3.63, 3.8) is 0 Å². The summed E-state index contributed by atoms with van der Waals surface area (Å²) in [5.41, 5.74) is 0.679. The molecule has 2 aromatic heterocycles. The average molecular weight is 218 g/mol. The highest BCUT2D eigenvalue weighted by atomic mass is 19.1. The highest BCUT2D eigenvalue weighted by molar-refractivity contribution is 5.76. The number of benzene rings is 1. The third kappa shape index (κ3) is 1.18. The summed E-state index contributed by atoms with van der Waals surface area (Å²) < 4.78 is 19.5. The lowest BCUT2D eigenvalue weighted by Gasteiger charge is -1.97. The number of rotatable bonds is 1. The van der Waals surface area contributed by atoms with Crippen molar-refractivity contribution in [1.82, 2.24) is 9.55 Å². The molecule has 80 valence electrons. The Labute approximate surface area is 88.9 Å². The second-order valence-electron chi connectivity index (χ2n) is 3.38. The summed E-state index contributed by atoms with van der Waals surface area (Å²) in [7, 11) is 0. The fourth-order valence-electron chi connectivity index (χ4n) is 1.69. The fraction of sp³-hybridized carbons (Fsp3) is 0. The molecule has 1 aromatic carbocycles. The number of fused-ring (bicyclic) bond motifs is 1. The molecule has 2 heterocycles. The van der Waals surface area contributed by atoms with E-state index >= 15 is 0 Å². The minimum Gasteiger partial charge on any atom is -0.448 e. The van der Waals surface area contributed by atoms with Gasteiger partial charge in [0.05, 0.1) is 17.3 Å². The van der Waals surface area contributed by atoms with Crippen LogP contribution in [-0.2, 0) is 0 Å². The molecular weight excluding hydrogens is 211 g/mol. The maximum atomic E-state index is 13.1. The molecule has 0 radical (unpaired) electrons. The number of H-pyrrole nitrogens is 1. The lowest BCUT2D eigenvalue weighted by Crippen LogP contribution is -2.13. The van der Waals surface area contributed by atoms with Crippen LogP contribution in [0.2, 0.25) is 0 Å². The Morgan fingerprint density at radius 2 is 2.19 bits per heavy atom. The Morgan fingerprint density at radius 3 is 2.94 bits per heavy atom. The minimum atomic E-state index is -0.396. The third-order valence-electron chi connectivity index (χ3n) is 2.37. The largest absolute Gasteiger partial charge is 0.448 e. The lowest BCUT2D eigenvalue weighted by molar-refractivity contribution is 0.538. The van der Waals surface area contributed by atoms with Crippen LogP contribution in [0.5, 0.6) is 0 Å². The molecule has 4 nitrogen and oxygen atoms in total. The zero-order valence-electron chi connectivity index (χ0n) is 8.11. The monoisotopic (exact) mass is 218 g/mol. The molecule has 0 aliphatic heterocycles. The Balaban J connectivity index is 2.43. The highest BCUT2D eigenvalue weighted by Gasteiger charge is 2.10. The molecule has 0 amide bonds. The molecule has 16 heavy (non-hydrogen) atoms. The number of halogens is 1. The average Bonchev–Trinajstić information content (AvgIpc) is 2.83. The first kappa shape index (κ1) is 8.96. The second kappa shape index (κ2) is 3.10. The van der Waals surface area contributed by atoms with Gasteiger partial charge in [0.25, 0.3) is 0 Å². The minimum absolute atomic E-state index is 0.351. The van der Waals surface area contributed by atoms with Gasteiger partial charge in [0.15, 0.2) is 0 Å². The van der Waals surface area contributed by atoms with E-state index in [-0.39, 0.29) is 5.69 Å². The van der Waals surface area contributed by atoms with Crippen LogP contribution in [0.3, 0.4) is 0 Å². The number of nitrogens with zero attached hydrogens (tertiary/aromatic N) is 1. The number of imidazole rings is 1. The first-order valence-electron chi connectivity index (χ1n) is 4.70. The summed E-state index contributed by atoms with van der Waals surface area (Å²) >= 11 is 0. The van der Waals surface area contributed by atoms with E-state index in [4.69, 9.17) is 4.42 Å². The van der Waals surface area contributed by atoms with E-state index in [9.17, 15) is 9.18 Å². The van der Waals surface area contributed by atoms with Crippen LogP contribution >= 0.6 is 0 Å². The van der Waals surface area contributed by atoms with Crippen molar-refractivity contribution in [3.05, 3.63) is 52.9 Å². The van der Waals surface area contributed by atoms with Crippen LogP contribution in [0.1, 0.15) is 0 Å². The van der Waals surface area contributed by atoms with E-state index in [1.165, 1.54) is 29.0 Å². The fourth-order valence-corrected chi connectivity index (χ4v) is 1.69.